The highest BCUT2D eigenvalue weighted by molar-refractivity contribution is 5.98. The Hall–Kier alpha value is -1.82. The Bertz CT molecular complexity index is 447. The SMILES string of the molecule is CC(C)N(C)CCCCNc1ncc(N)cc1C(N)=O. The van der Waals surface area contributed by atoms with Crippen LogP contribution >= 0.6 is 0 Å². The van der Waals surface area contributed by atoms with Crippen LogP contribution in [-0.4, -0.2) is 42.0 Å². The number of nitrogens with one attached hydrogen (secondary N) is 1. The van der Waals surface area contributed by atoms with Crippen molar-refractivity contribution >= 4 is 17.4 Å². The molecule has 0 unspecified atom stereocenters. The molecule has 5 N–H and O–H groups in total. The van der Waals surface area contributed by atoms with Gasteiger partial charge in [-0.3, -0.25) is 4.79 Å². The minimum Gasteiger partial charge on any atom is -0.397 e. The van der Waals surface area contributed by atoms with Crippen LogP contribution in [0.2, 0.25) is 0 Å². The van der Waals surface area contributed by atoms with E-state index >= 15 is 0 Å². The van der Waals surface area contributed by atoms with Gasteiger partial charge in [0.1, 0.15) is 5.82 Å². The lowest BCUT2D eigenvalue weighted by Crippen LogP contribution is -2.27. The third kappa shape index (κ3) is 5.05. The topological polar surface area (TPSA) is 97.3 Å². The van der Waals surface area contributed by atoms with Crippen LogP contribution < -0.4 is 16.8 Å². The van der Waals surface area contributed by atoms with Crippen molar-refractivity contribution in [2.75, 3.05) is 31.2 Å². The van der Waals surface area contributed by atoms with Crippen molar-refractivity contribution in [3.8, 4) is 0 Å². The number of aromatic nitrogens is 1. The van der Waals surface area contributed by atoms with Gasteiger partial charge in [0.05, 0.1) is 17.4 Å². The van der Waals surface area contributed by atoms with Gasteiger partial charge in [0.2, 0.25) is 0 Å². The van der Waals surface area contributed by atoms with Crippen LogP contribution in [0.15, 0.2) is 12.3 Å². The normalized spacial score (nSPS) is 11.1. The predicted octanol–water partition coefficient (Wildman–Crippen LogP) is 1.30. The van der Waals surface area contributed by atoms with Crippen molar-refractivity contribution in [2.45, 2.75) is 32.7 Å². The monoisotopic (exact) mass is 279 g/mol. The molecule has 1 heterocycles. The quantitative estimate of drug-likeness (QED) is 0.623. The maximum atomic E-state index is 11.3. The molecule has 6 heteroatoms. The van der Waals surface area contributed by atoms with Crippen LogP contribution in [0.5, 0.6) is 0 Å². The third-order valence-corrected chi connectivity index (χ3v) is 3.29. The molecule has 0 atom stereocenters. The molecule has 0 saturated heterocycles. The van der Waals surface area contributed by atoms with Crippen LogP contribution in [0, 0.1) is 0 Å². The number of nitrogen functional groups attached to an aromatic ring is 1. The van der Waals surface area contributed by atoms with E-state index < -0.39 is 5.91 Å². The number of pyridine rings is 1. The van der Waals surface area contributed by atoms with Gasteiger partial charge in [-0.05, 0) is 46.3 Å². The number of amides is 1. The van der Waals surface area contributed by atoms with Gasteiger partial charge >= 0.3 is 0 Å². The highest BCUT2D eigenvalue weighted by atomic mass is 16.1. The fourth-order valence-electron chi connectivity index (χ4n) is 1.76. The van der Waals surface area contributed by atoms with Crippen molar-refractivity contribution in [3.63, 3.8) is 0 Å². The average molecular weight is 279 g/mol. The lowest BCUT2D eigenvalue weighted by Gasteiger charge is -2.20. The summed E-state index contributed by atoms with van der Waals surface area (Å²) in [4.78, 5) is 17.7. The van der Waals surface area contributed by atoms with E-state index in [0.717, 1.165) is 25.9 Å². The van der Waals surface area contributed by atoms with E-state index in [9.17, 15) is 4.79 Å². The number of carbonyl (C=O) groups excluding carboxylic acids is 1. The summed E-state index contributed by atoms with van der Waals surface area (Å²) in [5.74, 6) is -0.0178. The van der Waals surface area contributed by atoms with Crippen molar-refractivity contribution in [1.82, 2.24) is 9.88 Å². The second-order valence-corrected chi connectivity index (χ2v) is 5.24. The Morgan fingerprint density at radius 1 is 1.45 bits per heavy atom. The Labute approximate surface area is 120 Å². The number of hydrogen-bond acceptors (Lipinski definition) is 5. The number of unbranched alkanes of at least 4 members (excludes halogenated alkanes) is 1. The maximum Gasteiger partial charge on any atom is 0.252 e. The number of primary amides is 1. The molecule has 1 aromatic heterocycles. The number of rotatable bonds is 8. The Morgan fingerprint density at radius 2 is 2.15 bits per heavy atom. The molecule has 0 fully saturated rings. The number of carbonyl (C=O) groups is 1. The first-order chi connectivity index (χ1) is 9.41. The lowest BCUT2D eigenvalue weighted by molar-refractivity contribution is 0.100. The molecule has 6 nitrogen and oxygen atoms in total. The lowest BCUT2D eigenvalue weighted by atomic mass is 10.2. The number of anilines is 2. The molecule has 0 spiro atoms. The van der Waals surface area contributed by atoms with Gasteiger partial charge in [-0.1, -0.05) is 0 Å². The Kier molecular flexibility index (Phi) is 6.24. The molecule has 112 valence electrons. The van der Waals surface area contributed by atoms with E-state index in [-0.39, 0.29) is 0 Å². The van der Waals surface area contributed by atoms with Gasteiger partial charge in [0.25, 0.3) is 5.91 Å². The molecule has 1 rings (SSSR count). The maximum absolute atomic E-state index is 11.3. The fourth-order valence-corrected chi connectivity index (χ4v) is 1.76. The van der Waals surface area contributed by atoms with Crippen molar-refractivity contribution in [3.05, 3.63) is 17.8 Å². The first kappa shape index (κ1) is 16.2. The van der Waals surface area contributed by atoms with E-state index in [0.29, 0.717) is 23.1 Å². The molecule has 0 aliphatic carbocycles. The average Bonchev–Trinajstić information content (AvgIpc) is 2.39. The zero-order valence-electron chi connectivity index (χ0n) is 12.5. The van der Waals surface area contributed by atoms with Crippen LogP contribution in [0.3, 0.4) is 0 Å². The Balaban J connectivity index is 2.41. The molecule has 0 aliphatic rings. The van der Waals surface area contributed by atoms with Gasteiger partial charge < -0.3 is 21.7 Å². The predicted molar refractivity (Wildman–Crippen MR) is 82.7 cm³/mol. The summed E-state index contributed by atoms with van der Waals surface area (Å²) in [7, 11) is 2.12. The van der Waals surface area contributed by atoms with Gasteiger partial charge in [0, 0.05) is 12.6 Å². The van der Waals surface area contributed by atoms with Crippen molar-refractivity contribution in [1.29, 1.82) is 0 Å². The molecule has 20 heavy (non-hydrogen) atoms. The minimum absolute atomic E-state index is 0.337. The number of hydrogen-bond donors (Lipinski definition) is 3. The van der Waals surface area contributed by atoms with Gasteiger partial charge in [-0.2, -0.15) is 0 Å². The molecule has 0 aliphatic heterocycles. The Morgan fingerprint density at radius 3 is 2.75 bits per heavy atom. The summed E-state index contributed by atoms with van der Waals surface area (Å²) >= 11 is 0. The highest BCUT2D eigenvalue weighted by Crippen LogP contribution is 2.14. The summed E-state index contributed by atoms with van der Waals surface area (Å²) in [5.41, 5.74) is 11.7. The summed E-state index contributed by atoms with van der Waals surface area (Å²) in [6.45, 7) is 6.16. The van der Waals surface area contributed by atoms with Crippen molar-refractivity contribution < 1.29 is 4.79 Å². The van der Waals surface area contributed by atoms with E-state index in [1.54, 1.807) is 6.07 Å². The molecule has 0 radical (unpaired) electrons. The van der Waals surface area contributed by atoms with E-state index in [1.165, 1.54) is 6.20 Å². The fraction of sp³-hybridized carbons (Fsp3) is 0.571. The molecule has 1 amide bonds. The first-order valence-corrected chi connectivity index (χ1v) is 6.91. The summed E-state index contributed by atoms with van der Waals surface area (Å²) in [6, 6.07) is 2.10. The second-order valence-electron chi connectivity index (χ2n) is 5.24. The van der Waals surface area contributed by atoms with Gasteiger partial charge in [0.15, 0.2) is 0 Å². The summed E-state index contributed by atoms with van der Waals surface area (Å²) in [6.07, 6.45) is 3.60. The molecule has 1 aromatic rings. The molecular formula is C14H25N5O. The molecule has 0 bridgehead atoms. The second kappa shape index (κ2) is 7.69. The largest absolute Gasteiger partial charge is 0.397 e. The zero-order valence-corrected chi connectivity index (χ0v) is 12.5. The van der Waals surface area contributed by atoms with E-state index in [1.807, 2.05) is 0 Å². The molecular weight excluding hydrogens is 254 g/mol. The van der Waals surface area contributed by atoms with E-state index in [4.69, 9.17) is 11.5 Å². The number of nitrogens with zero attached hydrogens (tertiary/aromatic N) is 2. The van der Waals surface area contributed by atoms with Crippen LogP contribution in [0.25, 0.3) is 0 Å². The molecule has 0 aromatic carbocycles. The van der Waals surface area contributed by atoms with Crippen molar-refractivity contribution in [2.24, 2.45) is 5.73 Å². The van der Waals surface area contributed by atoms with Crippen LogP contribution in [0.1, 0.15) is 37.0 Å². The number of nitrogens with two attached hydrogens (primary N) is 2. The standard InChI is InChI=1S/C14H25N5O/c1-10(2)19(3)7-5-4-6-17-14-12(13(16)20)8-11(15)9-18-14/h8-10H,4-7,15H2,1-3H3,(H2,16,20)(H,17,18). The van der Waals surface area contributed by atoms with E-state index in [2.05, 4.69) is 36.1 Å². The summed E-state index contributed by atoms with van der Waals surface area (Å²) < 4.78 is 0. The minimum atomic E-state index is -0.521. The summed E-state index contributed by atoms with van der Waals surface area (Å²) in [5, 5.41) is 3.14. The van der Waals surface area contributed by atoms with Crippen LogP contribution in [0.4, 0.5) is 11.5 Å². The third-order valence-electron chi connectivity index (χ3n) is 3.29. The van der Waals surface area contributed by atoms with Gasteiger partial charge in [-0.25, -0.2) is 4.98 Å². The smallest absolute Gasteiger partial charge is 0.252 e. The molecule has 0 saturated carbocycles. The van der Waals surface area contributed by atoms with Gasteiger partial charge in [-0.15, -0.1) is 0 Å². The van der Waals surface area contributed by atoms with Crippen LogP contribution in [-0.2, 0) is 0 Å². The zero-order chi connectivity index (χ0) is 15.1. The highest BCUT2D eigenvalue weighted by Gasteiger charge is 2.09. The first-order valence-electron chi connectivity index (χ1n) is 6.91.